The van der Waals surface area contributed by atoms with Crippen molar-refractivity contribution >= 4 is 52.1 Å². The van der Waals surface area contributed by atoms with E-state index < -0.39 is 0 Å². The van der Waals surface area contributed by atoms with Gasteiger partial charge >= 0.3 is 0 Å². The monoisotopic (exact) mass is 435 g/mol. The van der Waals surface area contributed by atoms with E-state index in [1.807, 2.05) is 87.5 Å². The number of hydrogen-bond acceptors (Lipinski definition) is 3. The summed E-state index contributed by atoms with van der Waals surface area (Å²) < 4.78 is 0. The number of rotatable bonds is 6. The molecule has 154 valence electrons. The van der Waals surface area contributed by atoms with Crippen molar-refractivity contribution in [1.82, 2.24) is 0 Å². The van der Waals surface area contributed by atoms with Gasteiger partial charge in [-0.25, -0.2) is 0 Å². The molecule has 0 saturated carbocycles. The van der Waals surface area contributed by atoms with E-state index in [9.17, 15) is 4.79 Å². The van der Waals surface area contributed by atoms with E-state index in [4.69, 9.17) is 12.2 Å². The van der Waals surface area contributed by atoms with Crippen molar-refractivity contribution in [1.29, 1.82) is 0 Å². The molecule has 3 rings (SSSR count). The van der Waals surface area contributed by atoms with Gasteiger partial charge in [-0.3, -0.25) is 4.79 Å². The van der Waals surface area contributed by atoms with Crippen LogP contribution in [0.1, 0.15) is 18.1 Å². The number of carbonyl (C=O) groups excluding carboxylic acids is 1. The first-order valence-electron chi connectivity index (χ1n) is 9.68. The Morgan fingerprint density at radius 3 is 1.97 bits per heavy atom. The first-order valence-corrected chi connectivity index (χ1v) is 11.0. The maximum absolute atomic E-state index is 12.6. The maximum atomic E-state index is 12.6. The molecule has 0 heterocycles. The molecule has 6 heteroatoms. The molecule has 0 spiro atoms. The minimum atomic E-state index is -0.217. The van der Waals surface area contributed by atoms with Crippen LogP contribution < -0.4 is 16.0 Å². The standard InChI is InChI=1S/C24H25N3OS2/c1-16-13-17(2)15-21(14-16)25-23(28)18(3)30-22-11-9-20(10-12-22)27-24(29)26-19-7-5-4-6-8-19/h4-15,18H,1-3H3,(H,25,28)(H2,26,27,29). The molecule has 4 nitrogen and oxygen atoms in total. The highest BCUT2D eigenvalue weighted by Gasteiger charge is 2.15. The van der Waals surface area contributed by atoms with E-state index in [-0.39, 0.29) is 11.2 Å². The quantitative estimate of drug-likeness (QED) is 0.316. The van der Waals surface area contributed by atoms with E-state index in [1.165, 1.54) is 11.8 Å². The van der Waals surface area contributed by atoms with Gasteiger partial charge in [-0.15, -0.1) is 11.8 Å². The third-order valence-corrected chi connectivity index (χ3v) is 5.63. The first kappa shape index (κ1) is 21.9. The predicted molar refractivity (Wildman–Crippen MR) is 133 cm³/mol. The molecule has 0 aliphatic carbocycles. The van der Waals surface area contributed by atoms with Crippen molar-refractivity contribution in [2.24, 2.45) is 0 Å². The fourth-order valence-corrected chi connectivity index (χ4v) is 4.08. The summed E-state index contributed by atoms with van der Waals surface area (Å²) >= 11 is 6.88. The molecule has 0 saturated heterocycles. The van der Waals surface area contributed by atoms with Crippen molar-refractivity contribution in [2.45, 2.75) is 30.9 Å². The number of amides is 1. The van der Waals surface area contributed by atoms with Crippen molar-refractivity contribution < 1.29 is 4.79 Å². The normalized spacial score (nSPS) is 11.4. The van der Waals surface area contributed by atoms with Crippen molar-refractivity contribution in [2.75, 3.05) is 16.0 Å². The second-order valence-corrected chi connectivity index (χ2v) is 8.92. The summed E-state index contributed by atoms with van der Waals surface area (Å²) in [5.74, 6) is -0.0135. The molecular weight excluding hydrogens is 410 g/mol. The number of thioether (sulfide) groups is 1. The average molecular weight is 436 g/mol. The fourth-order valence-electron chi connectivity index (χ4n) is 2.98. The van der Waals surface area contributed by atoms with Gasteiger partial charge in [-0.2, -0.15) is 0 Å². The second kappa shape index (κ2) is 10.3. The highest BCUT2D eigenvalue weighted by atomic mass is 32.2. The van der Waals surface area contributed by atoms with E-state index in [2.05, 4.69) is 22.0 Å². The Labute approximate surface area is 187 Å². The molecule has 3 aromatic rings. The van der Waals surface area contributed by atoms with Crippen LogP contribution in [-0.4, -0.2) is 16.3 Å². The molecule has 1 amide bonds. The molecular formula is C24H25N3OS2. The van der Waals surface area contributed by atoms with Gasteiger partial charge in [0.15, 0.2) is 5.11 Å². The zero-order valence-electron chi connectivity index (χ0n) is 17.2. The molecule has 0 fully saturated rings. The third kappa shape index (κ3) is 6.61. The Morgan fingerprint density at radius 1 is 0.800 bits per heavy atom. The highest BCUT2D eigenvalue weighted by molar-refractivity contribution is 8.00. The van der Waals surface area contributed by atoms with Crippen LogP contribution in [0.15, 0.2) is 77.7 Å². The number of aryl methyl sites for hydroxylation is 2. The second-order valence-electron chi connectivity index (χ2n) is 7.10. The van der Waals surface area contributed by atoms with Crippen LogP contribution in [0.4, 0.5) is 17.1 Å². The van der Waals surface area contributed by atoms with Gasteiger partial charge in [-0.05, 0) is 92.6 Å². The van der Waals surface area contributed by atoms with Gasteiger partial charge in [0, 0.05) is 22.0 Å². The fraction of sp³-hybridized carbons (Fsp3) is 0.167. The summed E-state index contributed by atoms with van der Waals surface area (Å²) in [7, 11) is 0. The van der Waals surface area contributed by atoms with E-state index >= 15 is 0 Å². The van der Waals surface area contributed by atoms with E-state index in [1.54, 1.807) is 0 Å². The molecule has 1 unspecified atom stereocenters. The van der Waals surface area contributed by atoms with Gasteiger partial charge in [0.25, 0.3) is 0 Å². The van der Waals surface area contributed by atoms with Crippen LogP contribution in [0.2, 0.25) is 0 Å². The molecule has 0 bridgehead atoms. The molecule has 0 aliphatic heterocycles. The lowest BCUT2D eigenvalue weighted by molar-refractivity contribution is -0.115. The molecule has 1 atom stereocenters. The first-order chi connectivity index (χ1) is 14.4. The van der Waals surface area contributed by atoms with Crippen LogP contribution >= 0.6 is 24.0 Å². The number of carbonyl (C=O) groups is 1. The number of hydrogen-bond donors (Lipinski definition) is 3. The summed E-state index contributed by atoms with van der Waals surface area (Å²) in [5, 5.41) is 9.63. The topological polar surface area (TPSA) is 53.2 Å². The van der Waals surface area contributed by atoms with Gasteiger partial charge < -0.3 is 16.0 Å². The van der Waals surface area contributed by atoms with Crippen LogP contribution in [0, 0.1) is 13.8 Å². The van der Waals surface area contributed by atoms with Gasteiger partial charge in [0.1, 0.15) is 0 Å². The molecule has 0 aromatic heterocycles. The SMILES string of the molecule is Cc1cc(C)cc(NC(=O)C(C)Sc2ccc(NC(=S)Nc3ccccc3)cc2)c1. The lowest BCUT2D eigenvalue weighted by Crippen LogP contribution is -2.22. The summed E-state index contributed by atoms with van der Waals surface area (Å²) in [5.41, 5.74) is 4.93. The van der Waals surface area contributed by atoms with Crippen LogP contribution in [0.3, 0.4) is 0 Å². The third-order valence-electron chi connectivity index (χ3n) is 4.32. The molecule has 30 heavy (non-hydrogen) atoms. The van der Waals surface area contributed by atoms with Crippen molar-refractivity contribution in [3.63, 3.8) is 0 Å². The molecule has 0 radical (unpaired) electrons. The zero-order valence-corrected chi connectivity index (χ0v) is 18.9. The summed E-state index contributed by atoms with van der Waals surface area (Å²) in [6.45, 7) is 5.96. The Bertz CT molecular complexity index is 1000. The van der Waals surface area contributed by atoms with E-state index in [0.29, 0.717) is 5.11 Å². The largest absolute Gasteiger partial charge is 0.332 e. The lowest BCUT2D eigenvalue weighted by atomic mass is 10.1. The number of thiocarbonyl (C=S) groups is 1. The van der Waals surface area contributed by atoms with Gasteiger partial charge in [0.05, 0.1) is 5.25 Å². The minimum absolute atomic E-state index is 0.0135. The van der Waals surface area contributed by atoms with Crippen LogP contribution in [0.5, 0.6) is 0 Å². The maximum Gasteiger partial charge on any atom is 0.237 e. The average Bonchev–Trinajstić information content (AvgIpc) is 2.69. The Morgan fingerprint density at radius 2 is 1.37 bits per heavy atom. The number of anilines is 3. The van der Waals surface area contributed by atoms with E-state index in [0.717, 1.165) is 33.1 Å². The molecule has 3 N–H and O–H groups in total. The summed E-state index contributed by atoms with van der Waals surface area (Å²) in [6.07, 6.45) is 0. The minimum Gasteiger partial charge on any atom is -0.332 e. The molecule has 3 aromatic carbocycles. The van der Waals surface area contributed by atoms with Crippen molar-refractivity contribution in [3.8, 4) is 0 Å². The zero-order chi connectivity index (χ0) is 21.5. The van der Waals surface area contributed by atoms with Gasteiger partial charge in [0.2, 0.25) is 5.91 Å². The predicted octanol–water partition coefficient (Wildman–Crippen LogP) is 6.23. The number of nitrogens with one attached hydrogen (secondary N) is 3. The summed E-state index contributed by atoms with van der Waals surface area (Å²) in [4.78, 5) is 13.6. The Kier molecular flexibility index (Phi) is 7.49. The highest BCUT2D eigenvalue weighted by Crippen LogP contribution is 2.26. The Hall–Kier alpha value is -2.83. The van der Waals surface area contributed by atoms with Crippen LogP contribution in [-0.2, 0) is 4.79 Å². The lowest BCUT2D eigenvalue weighted by Gasteiger charge is -2.14. The molecule has 0 aliphatic rings. The number of para-hydroxylation sites is 1. The number of benzene rings is 3. The summed E-state index contributed by atoms with van der Waals surface area (Å²) in [6, 6.07) is 23.7. The van der Waals surface area contributed by atoms with Crippen LogP contribution in [0.25, 0.3) is 0 Å². The smallest absolute Gasteiger partial charge is 0.237 e. The van der Waals surface area contributed by atoms with Gasteiger partial charge in [-0.1, -0.05) is 24.3 Å². The Balaban J connectivity index is 1.53. The van der Waals surface area contributed by atoms with Crippen molar-refractivity contribution in [3.05, 3.63) is 83.9 Å².